The highest BCUT2D eigenvalue weighted by molar-refractivity contribution is 5.48. The minimum atomic E-state index is 0.784. The third-order valence-corrected chi connectivity index (χ3v) is 3.23. The van der Waals surface area contributed by atoms with Crippen LogP contribution in [0.2, 0.25) is 0 Å². The summed E-state index contributed by atoms with van der Waals surface area (Å²) in [5.41, 5.74) is 2.48. The Morgan fingerprint density at radius 1 is 1.47 bits per heavy atom. The third-order valence-electron chi connectivity index (χ3n) is 3.23. The van der Waals surface area contributed by atoms with E-state index in [1.54, 1.807) is 0 Å². The molecule has 1 heterocycles. The topological polar surface area (TPSA) is 28.2 Å². The highest BCUT2D eigenvalue weighted by Crippen LogP contribution is 2.31. The lowest BCUT2D eigenvalue weighted by Gasteiger charge is -2.24. The number of hydrogen-bond acceptors (Lipinski definition) is 3. The highest BCUT2D eigenvalue weighted by Gasteiger charge is 2.28. The van der Waals surface area contributed by atoms with E-state index in [9.17, 15) is 0 Å². The first-order chi connectivity index (χ1) is 8.35. The Bertz CT molecular complexity index is 347. The van der Waals surface area contributed by atoms with Gasteiger partial charge in [-0.1, -0.05) is 13.3 Å². The SMILES string of the molecule is CCCCN(c1ccnc(CNC)c1)C1CC1. The van der Waals surface area contributed by atoms with Gasteiger partial charge in [-0.05, 0) is 38.4 Å². The molecule has 0 spiro atoms. The van der Waals surface area contributed by atoms with Crippen LogP contribution in [0.4, 0.5) is 5.69 Å². The van der Waals surface area contributed by atoms with Crippen molar-refractivity contribution in [2.75, 3.05) is 18.5 Å². The molecule has 3 heteroatoms. The van der Waals surface area contributed by atoms with Gasteiger partial charge in [0, 0.05) is 31.0 Å². The molecule has 17 heavy (non-hydrogen) atoms. The predicted octanol–water partition coefficient (Wildman–Crippen LogP) is 2.57. The number of hydrogen-bond donors (Lipinski definition) is 1. The molecule has 2 rings (SSSR count). The molecule has 0 amide bonds. The summed E-state index contributed by atoms with van der Waals surface area (Å²) in [6.07, 6.45) is 7.18. The summed E-state index contributed by atoms with van der Waals surface area (Å²) < 4.78 is 0. The lowest BCUT2D eigenvalue weighted by molar-refractivity contribution is 0.710. The Morgan fingerprint density at radius 3 is 2.94 bits per heavy atom. The maximum atomic E-state index is 4.38. The van der Waals surface area contributed by atoms with Crippen molar-refractivity contribution in [3.8, 4) is 0 Å². The molecule has 0 aliphatic heterocycles. The molecule has 1 aliphatic rings. The van der Waals surface area contributed by atoms with E-state index in [-0.39, 0.29) is 0 Å². The zero-order valence-corrected chi connectivity index (χ0v) is 10.9. The van der Waals surface area contributed by atoms with Gasteiger partial charge in [0.2, 0.25) is 0 Å². The molecule has 94 valence electrons. The van der Waals surface area contributed by atoms with Crippen molar-refractivity contribution in [3.63, 3.8) is 0 Å². The van der Waals surface area contributed by atoms with Crippen LogP contribution in [-0.4, -0.2) is 24.6 Å². The van der Waals surface area contributed by atoms with E-state index in [2.05, 4.69) is 34.3 Å². The molecule has 0 unspecified atom stereocenters. The van der Waals surface area contributed by atoms with Crippen LogP contribution >= 0.6 is 0 Å². The van der Waals surface area contributed by atoms with Gasteiger partial charge in [0.15, 0.2) is 0 Å². The number of nitrogens with zero attached hydrogens (tertiary/aromatic N) is 2. The summed E-state index contributed by atoms with van der Waals surface area (Å²) in [5, 5.41) is 3.16. The second-order valence-electron chi connectivity index (χ2n) is 4.81. The summed E-state index contributed by atoms with van der Waals surface area (Å²) in [7, 11) is 1.96. The average molecular weight is 233 g/mol. The van der Waals surface area contributed by atoms with Crippen molar-refractivity contribution in [1.82, 2.24) is 10.3 Å². The molecule has 1 N–H and O–H groups in total. The van der Waals surface area contributed by atoms with Crippen molar-refractivity contribution < 1.29 is 0 Å². The Morgan fingerprint density at radius 2 is 2.29 bits per heavy atom. The first-order valence-electron chi connectivity index (χ1n) is 6.71. The van der Waals surface area contributed by atoms with E-state index >= 15 is 0 Å². The van der Waals surface area contributed by atoms with E-state index in [0.717, 1.165) is 18.3 Å². The number of unbranched alkanes of at least 4 members (excludes halogenated alkanes) is 1. The van der Waals surface area contributed by atoms with Crippen molar-refractivity contribution >= 4 is 5.69 Å². The van der Waals surface area contributed by atoms with Gasteiger partial charge in [-0.2, -0.15) is 0 Å². The molecule has 0 saturated heterocycles. The molecule has 1 fully saturated rings. The molecule has 1 saturated carbocycles. The molecule has 0 radical (unpaired) electrons. The van der Waals surface area contributed by atoms with Crippen molar-refractivity contribution in [2.45, 2.75) is 45.2 Å². The van der Waals surface area contributed by atoms with Crippen LogP contribution in [0.5, 0.6) is 0 Å². The smallest absolute Gasteiger partial charge is 0.0562 e. The third kappa shape index (κ3) is 3.43. The number of anilines is 1. The Kier molecular flexibility index (Phi) is 4.37. The number of rotatable bonds is 7. The fraction of sp³-hybridized carbons (Fsp3) is 0.643. The van der Waals surface area contributed by atoms with Gasteiger partial charge >= 0.3 is 0 Å². The number of nitrogens with one attached hydrogen (secondary N) is 1. The lowest BCUT2D eigenvalue weighted by Crippen LogP contribution is -2.27. The van der Waals surface area contributed by atoms with Crippen molar-refractivity contribution in [2.24, 2.45) is 0 Å². The average Bonchev–Trinajstić information content (AvgIpc) is 3.15. The maximum Gasteiger partial charge on any atom is 0.0562 e. The summed E-state index contributed by atoms with van der Waals surface area (Å²) in [4.78, 5) is 6.94. The zero-order chi connectivity index (χ0) is 12.1. The fourth-order valence-corrected chi connectivity index (χ4v) is 2.16. The Hall–Kier alpha value is -1.09. The van der Waals surface area contributed by atoms with Gasteiger partial charge in [-0.3, -0.25) is 4.98 Å². The Balaban J connectivity index is 2.08. The van der Waals surface area contributed by atoms with Gasteiger partial charge in [0.25, 0.3) is 0 Å². The van der Waals surface area contributed by atoms with Crippen LogP contribution in [0.25, 0.3) is 0 Å². The fourth-order valence-electron chi connectivity index (χ4n) is 2.16. The van der Waals surface area contributed by atoms with Crippen LogP contribution in [0.1, 0.15) is 38.3 Å². The summed E-state index contributed by atoms with van der Waals surface area (Å²) in [6.45, 7) is 4.29. The molecule has 1 aliphatic carbocycles. The Labute approximate surface area is 104 Å². The normalized spacial score (nSPS) is 14.9. The van der Waals surface area contributed by atoms with E-state index in [4.69, 9.17) is 0 Å². The van der Waals surface area contributed by atoms with E-state index in [0.29, 0.717) is 0 Å². The number of pyridine rings is 1. The van der Waals surface area contributed by atoms with Crippen LogP contribution in [0, 0.1) is 0 Å². The second kappa shape index (κ2) is 6.01. The summed E-state index contributed by atoms with van der Waals surface area (Å²) >= 11 is 0. The van der Waals surface area contributed by atoms with E-state index in [1.165, 1.54) is 37.9 Å². The molecule has 0 aromatic carbocycles. The number of aromatic nitrogens is 1. The molecule has 0 atom stereocenters. The zero-order valence-electron chi connectivity index (χ0n) is 10.9. The summed E-state index contributed by atoms with van der Waals surface area (Å²) in [5.74, 6) is 0. The van der Waals surface area contributed by atoms with Crippen LogP contribution in [-0.2, 0) is 6.54 Å². The van der Waals surface area contributed by atoms with Crippen molar-refractivity contribution in [1.29, 1.82) is 0 Å². The first-order valence-corrected chi connectivity index (χ1v) is 6.71. The minimum absolute atomic E-state index is 0.784. The van der Waals surface area contributed by atoms with Gasteiger partial charge < -0.3 is 10.2 Å². The molecule has 3 nitrogen and oxygen atoms in total. The predicted molar refractivity (Wildman–Crippen MR) is 72.3 cm³/mol. The first kappa shape index (κ1) is 12.4. The molecule has 1 aromatic rings. The van der Waals surface area contributed by atoms with Crippen LogP contribution in [0.15, 0.2) is 18.3 Å². The van der Waals surface area contributed by atoms with E-state index < -0.39 is 0 Å². The summed E-state index contributed by atoms with van der Waals surface area (Å²) in [6, 6.07) is 5.16. The molecule has 0 bridgehead atoms. The van der Waals surface area contributed by atoms with Gasteiger partial charge in [0.05, 0.1) is 5.69 Å². The monoisotopic (exact) mass is 233 g/mol. The highest BCUT2D eigenvalue weighted by atomic mass is 15.2. The lowest BCUT2D eigenvalue weighted by atomic mass is 10.2. The quantitative estimate of drug-likeness (QED) is 0.784. The van der Waals surface area contributed by atoms with Crippen LogP contribution in [0.3, 0.4) is 0 Å². The second-order valence-corrected chi connectivity index (χ2v) is 4.81. The van der Waals surface area contributed by atoms with E-state index in [1.807, 2.05) is 13.2 Å². The van der Waals surface area contributed by atoms with Gasteiger partial charge in [-0.15, -0.1) is 0 Å². The van der Waals surface area contributed by atoms with Crippen molar-refractivity contribution in [3.05, 3.63) is 24.0 Å². The van der Waals surface area contributed by atoms with Crippen LogP contribution < -0.4 is 10.2 Å². The molecular weight excluding hydrogens is 210 g/mol. The van der Waals surface area contributed by atoms with Gasteiger partial charge in [0.1, 0.15) is 0 Å². The standard InChI is InChI=1S/C14H23N3/c1-3-4-9-17(13-5-6-13)14-7-8-16-12(10-14)11-15-2/h7-8,10,13,15H,3-6,9,11H2,1-2H3. The molecule has 1 aromatic heterocycles. The minimum Gasteiger partial charge on any atom is -0.368 e. The maximum absolute atomic E-state index is 4.38. The largest absolute Gasteiger partial charge is 0.368 e. The van der Waals surface area contributed by atoms with Gasteiger partial charge in [-0.25, -0.2) is 0 Å². The molecular formula is C14H23N3.